The van der Waals surface area contributed by atoms with Crippen molar-refractivity contribution in [3.05, 3.63) is 47.6 Å². The maximum atomic E-state index is 5.68. The first-order valence-corrected chi connectivity index (χ1v) is 8.32. The van der Waals surface area contributed by atoms with E-state index in [1.165, 1.54) is 21.9 Å². The van der Waals surface area contributed by atoms with E-state index in [9.17, 15) is 0 Å². The molecule has 0 fully saturated rings. The second-order valence-corrected chi connectivity index (χ2v) is 5.95. The Morgan fingerprint density at radius 3 is 2.42 bits per heavy atom. The molecule has 0 aromatic heterocycles. The average Bonchev–Trinajstić information content (AvgIpc) is 2.39. The highest BCUT2D eigenvalue weighted by atomic mass is 33.1. The summed E-state index contributed by atoms with van der Waals surface area (Å²) in [7, 11) is 1.44. The number of ether oxygens (including phenoxy) is 1. The van der Waals surface area contributed by atoms with Crippen LogP contribution in [0.15, 0.2) is 52.5 Å². The molecule has 0 aliphatic rings. The van der Waals surface area contributed by atoms with Gasteiger partial charge in [-0.25, -0.2) is 0 Å². The predicted molar refractivity (Wildman–Crippen MR) is 89.2 cm³/mol. The van der Waals surface area contributed by atoms with Gasteiger partial charge in [-0.05, 0) is 64.0 Å². The van der Waals surface area contributed by atoms with Gasteiger partial charge in [0.1, 0.15) is 12.4 Å². The normalized spacial score (nSPS) is 11.3. The lowest BCUT2D eigenvalue weighted by atomic mass is 10.1. The minimum absolute atomic E-state index is 0.633. The molecule has 1 rings (SSSR count). The van der Waals surface area contributed by atoms with Crippen LogP contribution in [0.4, 0.5) is 0 Å². The summed E-state index contributed by atoms with van der Waals surface area (Å²) in [6.07, 6.45) is 6.63. The molecule has 19 heavy (non-hydrogen) atoms. The Hall–Kier alpha value is -0.800. The van der Waals surface area contributed by atoms with E-state index in [0.29, 0.717) is 6.61 Å². The molecule has 1 aromatic carbocycles. The van der Waals surface area contributed by atoms with Gasteiger partial charge in [0.2, 0.25) is 0 Å². The molecule has 0 N–H and O–H groups in total. The quantitative estimate of drug-likeness (QED) is 0.393. The van der Waals surface area contributed by atoms with Crippen LogP contribution in [0, 0.1) is 0 Å². The zero-order valence-electron chi connectivity index (χ0n) is 11.8. The predicted octanol–water partition coefficient (Wildman–Crippen LogP) is 5.70. The fourth-order valence-corrected chi connectivity index (χ4v) is 2.19. The van der Waals surface area contributed by atoms with Crippen molar-refractivity contribution >= 4 is 22.5 Å². The van der Waals surface area contributed by atoms with Gasteiger partial charge in [0.05, 0.1) is 0 Å². The van der Waals surface area contributed by atoms with Crippen LogP contribution >= 0.6 is 22.5 Å². The van der Waals surface area contributed by atoms with E-state index in [0.717, 1.165) is 23.5 Å². The molecular formula is C16H22OS2. The van der Waals surface area contributed by atoms with Crippen molar-refractivity contribution in [1.82, 2.24) is 0 Å². The molecule has 0 spiro atoms. The van der Waals surface area contributed by atoms with Crippen LogP contribution in [0.25, 0.3) is 0 Å². The van der Waals surface area contributed by atoms with Crippen LogP contribution in [0.1, 0.15) is 33.6 Å². The van der Waals surface area contributed by atoms with Gasteiger partial charge in [-0.2, -0.15) is 0 Å². The molecule has 0 aliphatic carbocycles. The van der Waals surface area contributed by atoms with Crippen LogP contribution in [0.5, 0.6) is 5.75 Å². The SMILES string of the molecule is CC(C)=CCCC(C)=CCOc1ccc(SS)cc1. The second-order valence-electron chi connectivity index (χ2n) is 4.74. The molecule has 3 heteroatoms. The molecule has 0 bridgehead atoms. The number of benzene rings is 1. The van der Waals surface area contributed by atoms with Crippen molar-refractivity contribution in [2.24, 2.45) is 0 Å². The Balaban J connectivity index is 2.33. The second kappa shape index (κ2) is 9.16. The highest BCUT2D eigenvalue weighted by molar-refractivity contribution is 8.68. The summed E-state index contributed by atoms with van der Waals surface area (Å²) in [5.74, 6) is 0.902. The van der Waals surface area contributed by atoms with Crippen LogP contribution in [-0.4, -0.2) is 6.61 Å². The molecular weight excluding hydrogens is 272 g/mol. The van der Waals surface area contributed by atoms with E-state index in [2.05, 4.69) is 44.6 Å². The van der Waals surface area contributed by atoms with Crippen molar-refractivity contribution < 1.29 is 4.74 Å². The maximum absolute atomic E-state index is 5.68. The molecule has 104 valence electrons. The van der Waals surface area contributed by atoms with E-state index >= 15 is 0 Å². The average molecular weight is 294 g/mol. The monoisotopic (exact) mass is 294 g/mol. The third-order valence-electron chi connectivity index (χ3n) is 2.70. The number of hydrogen-bond donors (Lipinski definition) is 1. The minimum Gasteiger partial charge on any atom is -0.490 e. The van der Waals surface area contributed by atoms with Crippen LogP contribution in [-0.2, 0) is 0 Å². The summed E-state index contributed by atoms with van der Waals surface area (Å²) < 4.78 is 5.68. The van der Waals surface area contributed by atoms with Crippen LogP contribution in [0.2, 0.25) is 0 Å². The molecule has 0 amide bonds. The van der Waals surface area contributed by atoms with Gasteiger partial charge < -0.3 is 4.74 Å². The minimum atomic E-state index is 0.633. The fraction of sp³-hybridized carbons (Fsp3) is 0.375. The molecule has 1 nitrogen and oxygen atoms in total. The maximum Gasteiger partial charge on any atom is 0.119 e. The smallest absolute Gasteiger partial charge is 0.119 e. The highest BCUT2D eigenvalue weighted by Crippen LogP contribution is 2.23. The van der Waals surface area contributed by atoms with Gasteiger partial charge in [0, 0.05) is 4.90 Å². The number of rotatable bonds is 7. The summed E-state index contributed by atoms with van der Waals surface area (Å²) in [5, 5.41) is 0. The number of hydrogen-bond acceptors (Lipinski definition) is 3. The van der Waals surface area contributed by atoms with Gasteiger partial charge in [0.15, 0.2) is 0 Å². The molecule has 0 saturated carbocycles. The zero-order valence-corrected chi connectivity index (χ0v) is 13.6. The first kappa shape index (κ1) is 16.3. The lowest BCUT2D eigenvalue weighted by Gasteiger charge is -2.05. The Bertz CT molecular complexity index is 429. The van der Waals surface area contributed by atoms with Crippen molar-refractivity contribution in [2.75, 3.05) is 6.61 Å². The summed E-state index contributed by atoms with van der Waals surface area (Å²) in [5.41, 5.74) is 2.76. The van der Waals surface area contributed by atoms with E-state index in [1.54, 1.807) is 0 Å². The lowest BCUT2D eigenvalue weighted by Crippen LogP contribution is -1.94. The fourth-order valence-electron chi connectivity index (χ4n) is 1.57. The number of thiol groups is 1. The summed E-state index contributed by atoms with van der Waals surface area (Å²) in [4.78, 5) is 1.13. The van der Waals surface area contributed by atoms with Gasteiger partial charge in [-0.1, -0.05) is 28.0 Å². The molecule has 0 saturated heterocycles. The van der Waals surface area contributed by atoms with Crippen molar-refractivity contribution in [3.8, 4) is 5.75 Å². The largest absolute Gasteiger partial charge is 0.490 e. The van der Waals surface area contributed by atoms with Gasteiger partial charge >= 0.3 is 0 Å². The lowest BCUT2D eigenvalue weighted by molar-refractivity contribution is 0.361. The van der Waals surface area contributed by atoms with Crippen LogP contribution in [0.3, 0.4) is 0 Å². The molecule has 1 aromatic rings. The number of allylic oxidation sites excluding steroid dienone is 3. The standard InChI is InChI=1S/C16H22OS2/c1-13(2)5-4-6-14(3)11-12-17-15-7-9-16(19-18)10-8-15/h5,7-11,18H,4,6,12H2,1-3H3. The highest BCUT2D eigenvalue weighted by Gasteiger charge is 1.94. The molecule has 0 unspecified atom stereocenters. The van der Waals surface area contributed by atoms with E-state index in [-0.39, 0.29) is 0 Å². The van der Waals surface area contributed by atoms with Crippen molar-refractivity contribution in [2.45, 2.75) is 38.5 Å². The Morgan fingerprint density at radius 1 is 1.16 bits per heavy atom. The van der Waals surface area contributed by atoms with E-state index < -0.39 is 0 Å². The molecule has 0 heterocycles. The summed E-state index contributed by atoms with van der Waals surface area (Å²) >= 11 is 4.15. The Kier molecular flexibility index (Phi) is 7.84. The van der Waals surface area contributed by atoms with Gasteiger partial charge in [-0.3, -0.25) is 0 Å². The molecule has 0 aliphatic heterocycles. The van der Waals surface area contributed by atoms with Crippen molar-refractivity contribution in [1.29, 1.82) is 0 Å². The van der Waals surface area contributed by atoms with E-state index in [1.807, 2.05) is 24.3 Å². The zero-order chi connectivity index (χ0) is 14.1. The Morgan fingerprint density at radius 2 is 1.84 bits per heavy atom. The van der Waals surface area contributed by atoms with Gasteiger partial charge in [-0.15, -0.1) is 11.7 Å². The van der Waals surface area contributed by atoms with Crippen molar-refractivity contribution in [3.63, 3.8) is 0 Å². The van der Waals surface area contributed by atoms with Crippen LogP contribution < -0.4 is 4.74 Å². The molecule has 0 atom stereocenters. The summed E-state index contributed by atoms with van der Waals surface area (Å²) in [6.45, 7) is 7.06. The third-order valence-corrected chi connectivity index (χ3v) is 3.82. The third kappa shape index (κ3) is 7.38. The van der Waals surface area contributed by atoms with E-state index in [4.69, 9.17) is 4.74 Å². The first-order chi connectivity index (χ1) is 9.11. The topological polar surface area (TPSA) is 9.23 Å². The Labute approximate surface area is 125 Å². The van der Waals surface area contributed by atoms with Gasteiger partial charge in [0.25, 0.3) is 0 Å². The molecule has 0 radical (unpaired) electrons. The summed E-state index contributed by atoms with van der Waals surface area (Å²) in [6, 6.07) is 7.98. The first-order valence-electron chi connectivity index (χ1n) is 6.45.